The second kappa shape index (κ2) is 7.68. The Morgan fingerprint density at radius 1 is 1.03 bits per heavy atom. The van der Waals surface area contributed by atoms with Crippen molar-refractivity contribution >= 4 is 23.1 Å². The first-order chi connectivity index (χ1) is 15.1. The Balaban J connectivity index is 2.22. The quantitative estimate of drug-likeness (QED) is 0.526. The Morgan fingerprint density at radius 3 is 2.19 bits per heavy atom. The van der Waals surface area contributed by atoms with Crippen LogP contribution in [-0.2, 0) is 12.0 Å². The Kier molecular flexibility index (Phi) is 5.38. The summed E-state index contributed by atoms with van der Waals surface area (Å²) in [6, 6.07) is 7.60. The summed E-state index contributed by atoms with van der Waals surface area (Å²) in [5.74, 6) is 0. The van der Waals surface area contributed by atoms with E-state index in [0.29, 0.717) is 24.2 Å². The van der Waals surface area contributed by atoms with Crippen LogP contribution in [0.2, 0.25) is 0 Å². The maximum atomic E-state index is 12.9. The van der Waals surface area contributed by atoms with Crippen LogP contribution in [0, 0.1) is 10.8 Å². The van der Waals surface area contributed by atoms with Crippen LogP contribution >= 0.6 is 0 Å². The van der Waals surface area contributed by atoms with E-state index in [1.165, 1.54) is 4.57 Å². The van der Waals surface area contributed by atoms with E-state index in [-0.39, 0.29) is 0 Å². The zero-order valence-corrected chi connectivity index (χ0v) is 19.5. The molecule has 0 saturated carbocycles. The van der Waals surface area contributed by atoms with Crippen LogP contribution in [0.5, 0.6) is 0 Å². The number of benzene rings is 1. The molecule has 172 valence electrons. The molecule has 1 amide bonds. The van der Waals surface area contributed by atoms with Crippen LogP contribution in [0.25, 0.3) is 10.9 Å². The number of carboxylic acid groups (broad SMARTS) is 2. The Hall–Kier alpha value is -2.76. The normalized spacial score (nSPS) is 23.1. The smallest absolute Gasteiger partial charge is 0.416 e. The molecule has 1 unspecified atom stereocenters. The van der Waals surface area contributed by atoms with Gasteiger partial charge in [0, 0.05) is 17.3 Å². The van der Waals surface area contributed by atoms with Gasteiger partial charge in [-0.2, -0.15) is 0 Å². The van der Waals surface area contributed by atoms with Gasteiger partial charge in [-0.05, 0) is 55.6 Å². The molecule has 2 heterocycles. The number of para-hydroxylation sites is 1. The van der Waals surface area contributed by atoms with Gasteiger partial charge in [0.05, 0.1) is 16.7 Å². The van der Waals surface area contributed by atoms with E-state index in [4.69, 9.17) is 0 Å². The highest BCUT2D eigenvalue weighted by Crippen LogP contribution is 2.64. The van der Waals surface area contributed by atoms with Crippen molar-refractivity contribution in [2.75, 3.05) is 6.54 Å². The summed E-state index contributed by atoms with van der Waals surface area (Å²) in [5.41, 5.74) is 0.365. The average Bonchev–Trinajstić information content (AvgIpc) is 2.89. The third kappa shape index (κ3) is 2.84. The SMILES string of the molecule is CCC1(C2(C(C)(C)C)c3c(c4ccccc4n3C(=O)O)CCN2C(=O)O)CCC=CCC1. The molecule has 32 heavy (non-hydrogen) atoms. The molecular weight excluding hydrogens is 404 g/mol. The molecule has 0 spiro atoms. The molecule has 0 saturated heterocycles. The van der Waals surface area contributed by atoms with Crippen LogP contribution in [-0.4, -0.2) is 38.4 Å². The molecular formula is C26H34N2O4. The molecule has 2 aliphatic rings. The number of aromatic nitrogens is 1. The van der Waals surface area contributed by atoms with E-state index in [1.807, 2.05) is 24.3 Å². The average molecular weight is 439 g/mol. The maximum Gasteiger partial charge on any atom is 0.416 e. The minimum atomic E-state index is -1.05. The second-order valence-corrected chi connectivity index (χ2v) is 10.3. The molecule has 0 radical (unpaired) electrons. The fourth-order valence-electron chi connectivity index (χ4n) is 7.04. The van der Waals surface area contributed by atoms with E-state index in [2.05, 4.69) is 39.8 Å². The summed E-state index contributed by atoms with van der Waals surface area (Å²) in [4.78, 5) is 27.2. The molecule has 2 N–H and O–H groups in total. The summed E-state index contributed by atoms with van der Waals surface area (Å²) in [6.45, 7) is 8.75. The van der Waals surface area contributed by atoms with Gasteiger partial charge in [-0.15, -0.1) is 0 Å². The Morgan fingerprint density at radius 2 is 1.66 bits per heavy atom. The van der Waals surface area contributed by atoms with Crippen LogP contribution in [0.15, 0.2) is 36.4 Å². The van der Waals surface area contributed by atoms with Crippen molar-refractivity contribution in [2.45, 2.75) is 71.8 Å². The van der Waals surface area contributed by atoms with Crippen molar-refractivity contribution in [1.82, 2.24) is 9.47 Å². The topological polar surface area (TPSA) is 82.8 Å². The lowest BCUT2D eigenvalue weighted by molar-refractivity contribution is -0.122. The predicted octanol–water partition coefficient (Wildman–Crippen LogP) is 6.47. The van der Waals surface area contributed by atoms with E-state index in [1.54, 1.807) is 4.90 Å². The molecule has 0 bridgehead atoms. The van der Waals surface area contributed by atoms with Crippen molar-refractivity contribution in [2.24, 2.45) is 10.8 Å². The second-order valence-electron chi connectivity index (χ2n) is 10.3. The molecule has 1 aliphatic heterocycles. The standard InChI is InChI=1S/C26H34N2O4/c1-5-25(15-10-6-7-11-16-25)26(24(2,3)4)21-19(14-17-27(26)22(29)30)18-12-8-9-13-20(18)28(21)23(31)32/h6-9,12-13H,5,10-11,14-17H2,1-4H3,(H,29,30)(H,31,32). The van der Waals surface area contributed by atoms with E-state index in [9.17, 15) is 19.8 Å². The predicted molar refractivity (Wildman–Crippen MR) is 125 cm³/mol. The Bertz CT molecular complexity index is 1080. The van der Waals surface area contributed by atoms with Crippen molar-refractivity contribution in [3.05, 3.63) is 47.7 Å². The molecule has 1 aliphatic carbocycles. The fourth-order valence-corrected chi connectivity index (χ4v) is 7.04. The fraction of sp³-hybridized carbons (Fsp3) is 0.538. The summed E-state index contributed by atoms with van der Waals surface area (Å²) in [7, 11) is 0. The summed E-state index contributed by atoms with van der Waals surface area (Å²) < 4.78 is 1.40. The van der Waals surface area contributed by atoms with Crippen LogP contribution < -0.4 is 0 Å². The third-order valence-electron chi connectivity index (χ3n) is 8.01. The van der Waals surface area contributed by atoms with Gasteiger partial charge in [0.15, 0.2) is 0 Å². The van der Waals surface area contributed by atoms with Gasteiger partial charge in [-0.3, -0.25) is 4.90 Å². The number of hydrogen-bond acceptors (Lipinski definition) is 2. The van der Waals surface area contributed by atoms with Crippen molar-refractivity contribution in [3.63, 3.8) is 0 Å². The first-order valence-electron chi connectivity index (χ1n) is 11.6. The zero-order chi connectivity index (χ0) is 23.3. The van der Waals surface area contributed by atoms with Gasteiger partial charge in [0.25, 0.3) is 0 Å². The lowest BCUT2D eigenvalue weighted by atomic mass is 9.50. The van der Waals surface area contributed by atoms with E-state index < -0.39 is 28.6 Å². The number of rotatable bonds is 2. The molecule has 2 aromatic rings. The van der Waals surface area contributed by atoms with Gasteiger partial charge in [0.2, 0.25) is 0 Å². The number of hydrogen-bond donors (Lipinski definition) is 2. The Labute approximate surface area is 189 Å². The maximum absolute atomic E-state index is 12.9. The molecule has 6 nitrogen and oxygen atoms in total. The third-order valence-corrected chi connectivity index (χ3v) is 8.01. The minimum absolute atomic E-state index is 0.364. The minimum Gasteiger partial charge on any atom is -0.465 e. The van der Waals surface area contributed by atoms with Gasteiger partial charge < -0.3 is 10.2 Å². The first-order valence-corrected chi connectivity index (χ1v) is 11.6. The highest BCUT2D eigenvalue weighted by atomic mass is 16.4. The molecule has 6 heteroatoms. The van der Waals surface area contributed by atoms with Gasteiger partial charge in [0.1, 0.15) is 0 Å². The highest BCUT2D eigenvalue weighted by Gasteiger charge is 2.65. The molecule has 1 atom stereocenters. The van der Waals surface area contributed by atoms with E-state index >= 15 is 0 Å². The van der Waals surface area contributed by atoms with Crippen LogP contribution in [0.4, 0.5) is 9.59 Å². The monoisotopic (exact) mass is 438 g/mol. The van der Waals surface area contributed by atoms with Crippen LogP contribution in [0.3, 0.4) is 0 Å². The van der Waals surface area contributed by atoms with Crippen molar-refractivity contribution in [1.29, 1.82) is 0 Å². The number of allylic oxidation sites excluding steroid dienone is 2. The van der Waals surface area contributed by atoms with Gasteiger partial charge >= 0.3 is 12.2 Å². The van der Waals surface area contributed by atoms with Crippen molar-refractivity contribution < 1.29 is 19.8 Å². The summed E-state index contributed by atoms with van der Waals surface area (Å²) >= 11 is 0. The number of fused-ring (bicyclic) bond motifs is 3. The highest BCUT2D eigenvalue weighted by molar-refractivity contribution is 5.94. The van der Waals surface area contributed by atoms with Gasteiger partial charge in [-0.25, -0.2) is 14.2 Å². The molecule has 1 aromatic carbocycles. The number of nitrogens with zero attached hydrogens (tertiary/aromatic N) is 2. The molecule has 0 fully saturated rings. The first kappa shape index (κ1) is 22.4. The van der Waals surface area contributed by atoms with Crippen molar-refractivity contribution in [3.8, 4) is 0 Å². The lowest BCUT2D eigenvalue weighted by Gasteiger charge is -2.63. The largest absolute Gasteiger partial charge is 0.465 e. The zero-order valence-electron chi connectivity index (χ0n) is 19.5. The number of carbonyl (C=O) groups is 2. The summed E-state index contributed by atoms with van der Waals surface area (Å²) in [6.07, 6.45) is 7.01. The van der Waals surface area contributed by atoms with Crippen LogP contribution in [0.1, 0.15) is 71.1 Å². The lowest BCUT2D eigenvalue weighted by Crippen LogP contribution is -2.68. The molecule has 1 aromatic heterocycles. The van der Waals surface area contributed by atoms with Gasteiger partial charge in [-0.1, -0.05) is 58.0 Å². The number of amides is 1. The van der Waals surface area contributed by atoms with E-state index in [0.717, 1.165) is 43.1 Å². The summed E-state index contributed by atoms with van der Waals surface area (Å²) in [5, 5.41) is 21.9. The molecule has 4 rings (SSSR count).